The van der Waals surface area contributed by atoms with Gasteiger partial charge in [-0.05, 0) is 36.1 Å². The maximum Gasteiger partial charge on any atom is 0.245 e. The van der Waals surface area contributed by atoms with Crippen molar-refractivity contribution in [2.45, 2.75) is 57.2 Å². The van der Waals surface area contributed by atoms with Crippen LogP contribution in [0.1, 0.15) is 43.2 Å². The van der Waals surface area contributed by atoms with Gasteiger partial charge in [-0.15, -0.1) is 0 Å². The van der Waals surface area contributed by atoms with E-state index in [1.165, 1.54) is 32.1 Å². The van der Waals surface area contributed by atoms with Gasteiger partial charge in [0.15, 0.2) is 0 Å². The van der Waals surface area contributed by atoms with E-state index in [9.17, 15) is 9.59 Å². The smallest absolute Gasteiger partial charge is 0.245 e. The molecular formula is C31H40ClN5O2. The molecule has 1 aliphatic heterocycles. The van der Waals surface area contributed by atoms with Gasteiger partial charge in [-0.25, -0.2) is 0 Å². The van der Waals surface area contributed by atoms with Crippen molar-refractivity contribution in [3.8, 4) is 0 Å². The molecule has 39 heavy (non-hydrogen) atoms. The second-order valence-electron chi connectivity index (χ2n) is 11.1. The van der Waals surface area contributed by atoms with Crippen LogP contribution in [0.5, 0.6) is 0 Å². The number of carbonyl (C=O) groups excluding carboxylic acids is 2. The number of fused-ring (bicyclic) bond motifs is 1. The summed E-state index contributed by atoms with van der Waals surface area (Å²) >= 11 is 6.36. The monoisotopic (exact) mass is 549 g/mol. The van der Waals surface area contributed by atoms with Crippen LogP contribution in [0.2, 0.25) is 5.02 Å². The Bertz CT molecular complexity index is 1260. The molecule has 208 valence electrons. The molecule has 1 unspecified atom stereocenters. The highest BCUT2D eigenvalue weighted by molar-refractivity contribution is 6.31. The zero-order valence-electron chi connectivity index (χ0n) is 22.9. The lowest BCUT2D eigenvalue weighted by Crippen LogP contribution is -2.55. The number of benzene rings is 2. The van der Waals surface area contributed by atoms with E-state index in [4.69, 9.17) is 11.6 Å². The lowest BCUT2D eigenvalue weighted by molar-refractivity contribution is -0.136. The summed E-state index contributed by atoms with van der Waals surface area (Å²) in [5.41, 5.74) is 2.91. The Morgan fingerprint density at radius 2 is 1.72 bits per heavy atom. The van der Waals surface area contributed by atoms with E-state index in [2.05, 4.69) is 20.1 Å². The average Bonchev–Trinajstić information content (AvgIpc) is 3.37. The number of likely N-dealkylation sites (N-methyl/N-ethyl adjacent to an activating group) is 1. The number of amides is 2. The molecule has 5 rings (SSSR count). The first-order valence-corrected chi connectivity index (χ1v) is 14.6. The molecule has 1 aliphatic carbocycles. The fourth-order valence-corrected chi connectivity index (χ4v) is 6.32. The van der Waals surface area contributed by atoms with E-state index < -0.39 is 6.04 Å². The summed E-state index contributed by atoms with van der Waals surface area (Å²) in [6, 6.07) is 15.6. The van der Waals surface area contributed by atoms with Crippen LogP contribution in [0.4, 0.5) is 0 Å². The van der Waals surface area contributed by atoms with E-state index in [-0.39, 0.29) is 11.8 Å². The Hall–Kier alpha value is -2.87. The SMILES string of the molecule is CN(Cc1ccccc1Cl)C(=O)C(Cc1c[nH]c2ccccc12)NC(=O)CN1CCN(C2CCCCC2)CC1. The normalized spacial score (nSPS) is 18.2. The predicted octanol–water partition coefficient (Wildman–Crippen LogP) is 4.46. The fourth-order valence-electron chi connectivity index (χ4n) is 6.12. The molecule has 2 aliphatic rings. The Balaban J connectivity index is 1.24. The van der Waals surface area contributed by atoms with Gasteiger partial charge in [0, 0.05) is 74.4 Å². The van der Waals surface area contributed by atoms with Gasteiger partial charge in [0.2, 0.25) is 11.8 Å². The van der Waals surface area contributed by atoms with E-state index in [0.29, 0.717) is 30.6 Å². The highest BCUT2D eigenvalue weighted by atomic mass is 35.5. The Morgan fingerprint density at radius 3 is 2.49 bits per heavy atom. The zero-order chi connectivity index (χ0) is 27.2. The number of piperazine rings is 1. The number of carbonyl (C=O) groups is 2. The van der Waals surface area contributed by atoms with Gasteiger partial charge in [0.25, 0.3) is 0 Å². The summed E-state index contributed by atoms with van der Waals surface area (Å²) in [4.78, 5) is 36.8. The van der Waals surface area contributed by atoms with E-state index in [0.717, 1.165) is 48.2 Å². The number of aromatic nitrogens is 1. The molecule has 0 spiro atoms. The molecule has 2 heterocycles. The zero-order valence-corrected chi connectivity index (χ0v) is 23.6. The molecule has 2 N–H and O–H groups in total. The summed E-state index contributed by atoms with van der Waals surface area (Å²) in [6.45, 7) is 4.48. The molecule has 2 amide bonds. The maximum absolute atomic E-state index is 13.7. The maximum atomic E-state index is 13.7. The van der Waals surface area contributed by atoms with Gasteiger partial charge in [-0.3, -0.25) is 19.4 Å². The second-order valence-corrected chi connectivity index (χ2v) is 11.5. The molecule has 1 atom stereocenters. The van der Waals surface area contributed by atoms with Crippen LogP contribution in [0, 0.1) is 0 Å². The van der Waals surface area contributed by atoms with E-state index in [1.807, 2.05) is 54.7 Å². The number of hydrogen-bond donors (Lipinski definition) is 2. The summed E-state index contributed by atoms with van der Waals surface area (Å²) < 4.78 is 0. The van der Waals surface area contributed by atoms with Gasteiger partial charge in [0.1, 0.15) is 6.04 Å². The van der Waals surface area contributed by atoms with Gasteiger partial charge in [0.05, 0.1) is 6.54 Å². The van der Waals surface area contributed by atoms with Crippen molar-refractivity contribution in [2.75, 3.05) is 39.8 Å². The topological polar surface area (TPSA) is 71.7 Å². The number of aromatic amines is 1. The first-order chi connectivity index (χ1) is 19.0. The quantitative estimate of drug-likeness (QED) is 0.413. The van der Waals surface area contributed by atoms with Crippen LogP contribution in [0.25, 0.3) is 10.9 Å². The highest BCUT2D eigenvalue weighted by Gasteiger charge is 2.29. The largest absolute Gasteiger partial charge is 0.361 e. The average molecular weight is 550 g/mol. The van der Waals surface area contributed by atoms with Crippen molar-refractivity contribution in [1.29, 1.82) is 0 Å². The third-order valence-corrected chi connectivity index (χ3v) is 8.71. The molecular weight excluding hydrogens is 510 g/mol. The van der Waals surface area contributed by atoms with Crippen LogP contribution in [0.15, 0.2) is 54.7 Å². The first-order valence-electron chi connectivity index (χ1n) is 14.3. The Labute approximate surface area is 236 Å². The van der Waals surface area contributed by atoms with Crippen LogP contribution in [-0.4, -0.2) is 83.4 Å². The summed E-state index contributed by atoms with van der Waals surface area (Å²) in [7, 11) is 1.77. The Kier molecular flexibility index (Phi) is 9.22. The van der Waals surface area contributed by atoms with Crippen LogP contribution in [-0.2, 0) is 22.6 Å². The van der Waals surface area contributed by atoms with Crippen LogP contribution >= 0.6 is 11.6 Å². The van der Waals surface area contributed by atoms with Crippen molar-refractivity contribution < 1.29 is 9.59 Å². The number of nitrogens with one attached hydrogen (secondary N) is 2. The lowest BCUT2D eigenvalue weighted by atomic mass is 9.94. The first kappa shape index (κ1) is 27.7. The van der Waals surface area contributed by atoms with Gasteiger partial charge in [-0.2, -0.15) is 0 Å². The number of hydrogen-bond acceptors (Lipinski definition) is 4. The van der Waals surface area contributed by atoms with Gasteiger partial charge < -0.3 is 15.2 Å². The van der Waals surface area contributed by atoms with Crippen molar-refractivity contribution >= 4 is 34.3 Å². The summed E-state index contributed by atoms with van der Waals surface area (Å²) in [5, 5.41) is 4.78. The third-order valence-electron chi connectivity index (χ3n) is 8.34. The molecule has 0 bridgehead atoms. The van der Waals surface area contributed by atoms with Crippen molar-refractivity contribution in [3.05, 3.63) is 70.9 Å². The van der Waals surface area contributed by atoms with E-state index >= 15 is 0 Å². The third kappa shape index (κ3) is 7.02. The molecule has 3 aromatic rings. The molecule has 1 aromatic heterocycles. The fraction of sp³-hybridized carbons (Fsp3) is 0.484. The standard InChI is InChI=1S/C31H40ClN5O2/c1-35(21-23-9-5-7-13-27(23)32)31(39)29(19-24-20-33-28-14-8-6-12-26(24)28)34-30(38)22-36-15-17-37(18-16-36)25-10-3-2-4-11-25/h5-9,12-14,20,25,29,33H,2-4,10-11,15-19,21-22H2,1H3,(H,34,38). The van der Waals surface area contributed by atoms with Crippen LogP contribution < -0.4 is 5.32 Å². The van der Waals surface area contributed by atoms with Gasteiger partial charge in [-0.1, -0.05) is 67.3 Å². The number of halogens is 1. The minimum Gasteiger partial charge on any atom is -0.361 e. The second kappa shape index (κ2) is 13.0. The molecule has 2 fully saturated rings. The molecule has 1 saturated heterocycles. The highest BCUT2D eigenvalue weighted by Crippen LogP contribution is 2.24. The summed E-state index contributed by atoms with van der Waals surface area (Å²) in [5.74, 6) is -0.235. The molecule has 0 radical (unpaired) electrons. The van der Waals surface area contributed by atoms with E-state index in [1.54, 1.807) is 11.9 Å². The predicted molar refractivity (Wildman–Crippen MR) is 157 cm³/mol. The molecule has 2 aromatic carbocycles. The van der Waals surface area contributed by atoms with Crippen molar-refractivity contribution in [3.63, 3.8) is 0 Å². The van der Waals surface area contributed by atoms with Gasteiger partial charge >= 0.3 is 0 Å². The number of nitrogens with zero attached hydrogens (tertiary/aromatic N) is 3. The van der Waals surface area contributed by atoms with Crippen molar-refractivity contribution in [1.82, 2.24) is 25.0 Å². The lowest BCUT2D eigenvalue weighted by Gasteiger charge is -2.40. The minimum absolute atomic E-state index is 0.106. The molecule has 1 saturated carbocycles. The molecule has 7 nitrogen and oxygen atoms in total. The molecule has 8 heteroatoms. The number of rotatable bonds is 9. The Morgan fingerprint density at radius 1 is 1.00 bits per heavy atom. The van der Waals surface area contributed by atoms with Crippen molar-refractivity contribution in [2.24, 2.45) is 0 Å². The summed E-state index contributed by atoms with van der Waals surface area (Å²) in [6.07, 6.45) is 9.00. The van der Waals surface area contributed by atoms with Crippen LogP contribution in [0.3, 0.4) is 0 Å². The number of H-pyrrole nitrogens is 1. The number of para-hydroxylation sites is 1. The minimum atomic E-state index is -0.673.